The maximum absolute atomic E-state index is 5.33. The maximum atomic E-state index is 5.33. The van der Waals surface area contributed by atoms with Gasteiger partial charge in [-0.1, -0.05) is 127 Å². The van der Waals surface area contributed by atoms with Crippen molar-refractivity contribution in [2.24, 2.45) is 4.99 Å². The average Bonchev–Trinajstić information content (AvgIpc) is 3.78. The SMILES string of the molecule is C1=CCCC(C2N=C(c3ccnc(-n4c5ccccc5c5cc6c7ccccc7n(-c7ccccc7)c6cc54)c3)NC(c3ccc(-c4ccccc4)cc3)N2)=C1. The molecule has 2 aliphatic rings. The van der Waals surface area contributed by atoms with Gasteiger partial charge in [0, 0.05) is 39.0 Å². The molecule has 1 aliphatic carbocycles. The van der Waals surface area contributed by atoms with Gasteiger partial charge >= 0.3 is 0 Å². The van der Waals surface area contributed by atoms with Crippen LogP contribution in [-0.4, -0.2) is 26.1 Å². The minimum atomic E-state index is -0.159. The van der Waals surface area contributed by atoms with Crippen LogP contribution in [0.5, 0.6) is 0 Å². The van der Waals surface area contributed by atoms with Gasteiger partial charge in [0.25, 0.3) is 0 Å². The Balaban J connectivity index is 1.05. The van der Waals surface area contributed by atoms with Crippen LogP contribution in [0.1, 0.15) is 30.1 Å². The molecule has 2 atom stereocenters. The first kappa shape index (κ1) is 32.4. The number of hydrogen-bond donors (Lipinski definition) is 2. The quantitative estimate of drug-likeness (QED) is 0.180. The monoisotopic (exact) mass is 722 g/mol. The third kappa shape index (κ3) is 5.45. The lowest BCUT2D eigenvalue weighted by Crippen LogP contribution is -2.49. The largest absolute Gasteiger partial charge is 0.350 e. The molecule has 3 aromatic heterocycles. The van der Waals surface area contributed by atoms with Crippen molar-refractivity contribution in [3.05, 3.63) is 199 Å². The van der Waals surface area contributed by atoms with Crippen molar-refractivity contribution >= 4 is 49.4 Å². The number of hydrogen-bond acceptors (Lipinski definition) is 4. The van der Waals surface area contributed by atoms with Crippen molar-refractivity contribution in [3.63, 3.8) is 0 Å². The molecule has 0 bridgehead atoms. The topological polar surface area (TPSA) is 59.2 Å². The molecule has 9 aromatic rings. The molecule has 4 heterocycles. The molecular formula is C50H38N6. The summed E-state index contributed by atoms with van der Waals surface area (Å²) in [4.78, 5) is 10.4. The molecule has 0 radical (unpaired) electrons. The Bertz CT molecular complexity index is 3020. The van der Waals surface area contributed by atoms with Gasteiger partial charge in [0.1, 0.15) is 24.0 Å². The number of aromatic nitrogens is 3. The predicted octanol–water partition coefficient (Wildman–Crippen LogP) is 11.2. The third-order valence-corrected chi connectivity index (χ3v) is 11.3. The van der Waals surface area contributed by atoms with Crippen LogP contribution in [0, 0.1) is 0 Å². The molecule has 56 heavy (non-hydrogen) atoms. The van der Waals surface area contributed by atoms with E-state index in [1.54, 1.807) is 0 Å². The number of fused-ring (bicyclic) bond motifs is 6. The van der Waals surface area contributed by atoms with Crippen molar-refractivity contribution in [2.75, 3.05) is 0 Å². The van der Waals surface area contributed by atoms with Crippen molar-refractivity contribution in [2.45, 2.75) is 25.2 Å². The number of allylic oxidation sites excluding steroid dienone is 3. The minimum absolute atomic E-state index is 0.137. The molecule has 0 saturated carbocycles. The van der Waals surface area contributed by atoms with Gasteiger partial charge in [-0.3, -0.25) is 9.88 Å². The summed E-state index contributed by atoms with van der Waals surface area (Å²) in [6, 6.07) is 56.4. The lowest BCUT2D eigenvalue weighted by atomic mass is 9.99. The van der Waals surface area contributed by atoms with Crippen LogP contribution in [0.3, 0.4) is 0 Å². The summed E-state index contributed by atoms with van der Waals surface area (Å²) in [6.07, 6.45) is 10.2. The Labute approximate surface area is 324 Å². The summed E-state index contributed by atoms with van der Waals surface area (Å²) in [5.41, 5.74) is 11.5. The van der Waals surface area contributed by atoms with E-state index >= 15 is 0 Å². The van der Waals surface area contributed by atoms with Crippen LogP contribution < -0.4 is 10.6 Å². The van der Waals surface area contributed by atoms with Crippen LogP contribution in [0.25, 0.3) is 66.2 Å². The molecule has 0 spiro atoms. The Morgan fingerprint density at radius 3 is 1.95 bits per heavy atom. The van der Waals surface area contributed by atoms with Crippen LogP contribution in [0.4, 0.5) is 0 Å². The lowest BCUT2D eigenvalue weighted by Gasteiger charge is -2.33. The van der Waals surface area contributed by atoms with E-state index in [1.807, 2.05) is 6.20 Å². The molecule has 11 rings (SSSR count). The van der Waals surface area contributed by atoms with Gasteiger partial charge in [0.2, 0.25) is 0 Å². The van der Waals surface area contributed by atoms with Gasteiger partial charge in [-0.25, -0.2) is 9.98 Å². The van der Waals surface area contributed by atoms with Crippen LogP contribution in [0.15, 0.2) is 193 Å². The number of amidine groups is 1. The molecule has 268 valence electrons. The fraction of sp³-hybridized carbons (Fsp3) is 0.0800. The summed E-state index contributed by atoms with van der Waals surface area (Å²) in [6.45, 7) is 0. The molecule has 0 amide bonds. The van der Waals surface area contributed by atoms with Crippen molar-refractivity contribution in [3.8, 4) is 22.6 Å². The summed E-state index contributed by atoms with van der Waals surface area (Å²) >= 11 is 0. The first-order chi connectivity index (χ1) is 27.8. The summed E-state index contributed by atoms with van der Waals surface area (Å²) < 4.78 is 4.69. The highest BCUT2D eigenvalue weighted by atomic mass is 15.3. The molecule has 0 fully saturated rings. The highest BCUT2D eigenvalue weighted by Gasteiger charge is 2.27. The third-order valence-electron chi connectivity index (χ3n) is 11.3. The van der Waals surface area contributed by atoms with E-state index in [-0.39, 0.29) is 12.3 Å². The zero-order valence-corrected chi connectivity index (χ0v) is 30.7. The van der Waals surface area contributed by atoms with Gasteiger partial charge in [-0.15, -0.1) is 0 Å². The average molecular weight is 723 g/mol. The Kier molecular flexibility index (Phi) is 7.74. The number of nitrogens with one attached hydrogen (secondary N) is 2. The van der Waals surface area contributed by atoms with Crippen LogP contribution in [0.2, 0.25) is 0 Å². The molecule has 2 N–H and O–H groups in total. The molecule has 6 nitrogen and oxygen atoms in total. The zero-order valence-electron chi connectivity index (χ0n) is 30.7. The van der Waals surface area contributed by atoms with Gasteiger partial charge in [-0.2, -0.15) is 0 Å². The van der Waals surface area contributed by atoms with E-state index in [1.165, 1.54) is 43.8 Å². The Hall–Kier alpha value is -7.02. The van der Waals surface area contributed by atoms with E-state index < -0.39 is 0 Å². The first-order valence-corrected chi connectivity index (χ1v) is 19.4. The first-order valence-electron chi connectivity index (χ1n) is 19.4. The van der Waals surface area contributed by atoms with Crippen molar-refractivity contribution < 1.29 is 0 Å². The van der Waals surface area contributed by atoms with Crippen molar-refractivity contribution in [1.29, 1.82) is 0 Å². The van der Waals surface area contributed by atoms with E-state index in [9.17, 15) is 0 Å². The number of rotatable bonds is 6. The number of nitrogens with zero attached hydrogens (tertiary/aromatic N) is 4. The minimum Gasteiger partial charge on any atom is -0.350 e. The van der Waals surface area contributed by atoms with E-state index in [0.717, 1.165) is 57.9 Å². The van der Waals surface area contributed by atoms with E-state index in [2.05, 4.69) is 196 Å². The van der Waals surface area contributed by atoms with Gasteiger partial charge in [-0.05, 0) is 83.6 Å². The lowest BCUT2D eigenvalue weighted by molar-refractivity contribution is 0.425. The molecule has 2 unspecified atom stereocenters. The molecule has 1 aliphatic heterocycles. The van der Waals surface area contributed by atoms with Crippen LogP contribution >= 0.6 is 0 Å². The van der Waals surface area contributed by atoms with E-state index in [4.69, 9.17) is 9.98 Å². The second-order valence-corrected chi connectivity index (χ2v) is 14.7. The smallest absolute Gasteiger partial charge is 0.138 e. The summed E-state index contributed by atoms with van der Waals surface area (Å²) in [5.74, 6) is 1.69. The summed E-state index contributed by atoms with van der Waals surface area (Å²) in [7, 11) is 0. The molecular weight excluding hydrogens is 685 g/mol. The number of para-hydroxylation sites is 3. The number of benzene rings is 6. The van der Waals surface area contributed by atoms with Gasteiger partial charge in [0.15, 0.2) is 0 Å². The molecule has 6 aromatic carbocycles. The Morgan fingerprint density at radius 1 is 0.554 bits per heavy atom. The molecule has 6 heteroatoms. The maximum Gasteiger partial charge on any atom is 0.138 e. The van der Waals surface area contributed by atoms with Gasteiger partial charge < -0.3 is 9.88 Å². The fourth-order valence-corrected chi connectivity index (χ4v) is 8.64. The number of pyridine rings is 1. The normalized spacial score (nSPS) is 17.0. The predicted molar refractivity (Wildman–Crippen MR) is 231 cm³/mol. The van der Waals surface area contributed by atoms with E-state index in [0.29, 0.717) is 0 Å². The standard InChI is InChI=1S/C50H38N6/c1-4-14-33(15-5-1)34-24-26-36(27-25-34)49-52-48(35-16-6-2-7-17-35)53-50(54-49)37-28-29-51-47(30-37)56-44-23-13-11-21-40(44)42-31-41-39-20-10-12-22-43(39)55(45(41)32-46(42)56)38-18-8-3-9-19-38/h1-6,8-16,18-32,48-49,52H,7,17H2,(H,53,54). The zero-order chi connectivity index (χ0) is 37.0. The Morgan fingerprint density at radius 2 is 1.21 bits per heavy atom. The second kappa shape index (κ2) is 13.4. The highest BCUT2D eigenvalue weighted by molar-refractivity contribution is 6.19. The van der Waals surface area contributed by atoms with Gasteiger partial charge in [0.05, 0.1) is 22.1 Å². The van der Waals surface area contributed by atoms with Crippen LogP contribution in [-0.2, 0) is 0 Å². The highest BCUT2D eigenvalue weighted by Crippen LogP contribution is 2.39. The fourth-order valence-electron chi connectivity index (χ4n) is 8.64. The second-order valence-electron chi connectivity index (χ2n) is 14.7. The molecule has 0 saturated heterocycles. The summed E-state index contributed by atoms with van der Waals surface area (Å²) in [5, 5.41) is 12.5. The van der Waals surface area contributed by atoms with Crippen molar-refractivity contribution in [1.82, 2.24) is 24.8 Å². The number of aliphatic imine (C=N–C) groups is 1.